The smallest absolute Gasteiger partial charge is 0.233 e. The lowest BCUT2D eigenvalue weighted by Crippen LogP contribution is -2.36. The van der Waals surface area contributed by atoms with Crippen LogP contribution in [0.15, 0.2) is 30.3 Å². The minimum absolute atomic E-state index is 0.139. The monoisotopic (exact) mass is 244 g/mol. The van der Waals surface area contributed by atoms with Gasteiger partial charge in [0.05, 0.1) is 6.54 Å². The second-order valence-electron chi connectivity index (χ2n) is 5.49. The van der Waals surface area contributed by atoms with Crippen molar-refractivity contribution in [2.75, 3.05) is 13.1 Å². The number of carbonyl (C=O) groups is 1. The molecule has 0 bridgehead atoms. The van der Waals surface area contributed by atoms with Gasteiger partial charge in [-0.25, -0.2) is 0 Å². The molecule has 2 atom stereocenters. The van der Waals surface area contributed by atoms with Crippen molar-refractivity contribution in [2.45, 2.75) is 31.2 Å². The SMILES string of the molecule is O=C(CNC1CC1c1ccccc1)NCC1CC1. The van der Waals surface area contributed by atoms with Gasteiger partial charge < -0.3 is 10.6 Å². The summed E-state index contributed by atoms with van der Waals surface area (Å²) in [6.07, 6.45) is 3.72. The second-order valence-corrected chi connectivity index (χ2v) is 5.49. The first kappa shape index (κ1) is 11.7. The zero-order chi connectivity index (χ0) is 12.4. The summed E-state index contributed by atoms with van der Waals surface area (Å²) >= 11 is 0. The summed E-state index contributed by atoms with van der Waals surface area (Å²) in [6, 6.07) is 11.0. The van der Waals surface area contributed by atoms with E-state index in [1.807, 2.05) is 6.07 Å². The molecule has 2 unspecified atom stereocenters. The third-order valence-electron chi connectivity index (χ3n) is 3.83. The first-order valence-corrected chi connectivity index (χ1v) is 6.88. The van der Waals surface area contributed by atoms with Crippen molar-refractivity contribution in [1.82, 2.24) is 10.6 Å². The van der Waals surface area contributed by atoms with Crippen LogP contribution >= 0.6 is 0 Å². The van der Waals surface area contributed by atoms with Crippen LogP contribution in [0, 0.1) is 5.92 Å². The van der Waals surface area contributed by atoms with Crippen LogP contribution < -0.4 is 10.6 Å². The van der Waals surface area contributed by atoms with E-state index in [0.29, 0.717) is 18.5 Å². The summed E-state index contributed by atoms with van der Waals surface area (Å²) in [5.41, 5.74) is 1.38. The third-order valence-corrected chi connectivity index (χ3v) is 3.83. The molecule has 0 aliphatic heterocycles. The molecule has 0 heterocycles. The Labute approximate surface area is 108 Å². The Kier molecular flexibility index (Phi) is 3.33. The molecule has 3 nitrogen and oxygen atoms in total. The molecule has 1 aromatic carbocycles. The molecule has 0 radical (unpaired) electrons. The summed E-state index contributed by atoms with van der Waals surface area (Å²) in [6.45, 7) is 1.33. The van der Waals surface area contributed by atoms with Crippen molar-refractivity contribution >= 4 is 5.91 Å². The maximum absolute atomic E-state index is 11.6. The Morgan fingerprint density at radius 2 is 2.00 bits per heavy atom. The van der Waals surface area contributed by atoms with E-state index in [4.69, 9.17) is 0 Å². The maximum atomic E-state index is 11.6. The van der Waals surface area contributed by atoms with Crippen molar-refractivity contribution in [2.24, 2.45) is 5.92 Å². The summed E-state index contributed by atoms with van der Waals surface area (Å²) in [7, 11) is 0. The first-order valence-electron chi connectivity index (χ1n) is 6.88. The summed E-state index contributed by atoms with van der Waals surface area (Å²) in [5.74, 6) is 1.50. The molecule has 2 aliphatic carbocycles. The van der Waals surface area contributed by atoms with E-state index in [2.05, 4.69) is 34.9 Å². The lowest BCUT2D eigenvalue weighted by molar-refractivity contribution is -0.120. The van der Waals surface area contributed by atoms with Gasteiger partial charge in [0.2, 0.25) is 5.91 Å². The highest BCUT2D eigenvalue weighted by Crippen LogP contribution is 2.40. The molecule has 3 heteroatoms. The first-order chi connectivity index (χ1) is 8.83. The molecule has 2 N–H and O–H groups in total. The zero-order valence-electron chi connectivity index (χ0n) is 10.6. The van der Waals surface area contributed by atoms with Crippen LogP contribution in [0.25, 0.3) is 0 Å². The fraction of sp³-hybridized carbons (Fsp3) is 0.533. The average molecular weight is 244 g/mol. The number of hydrogen-bond donors (Lipinski definition) is 2. The molecule has 1 amide bonds. The quantitative estimate of drug-likeness (QED) is 0.799. The highest BCUT2D eigenvalue weighted by Gasteiger charge is 2.37. The number of amides is 1. The van der Waals surface area contributed by atoms with E-state index in [9.17, 15) is 4.79 Å². The minimum Gasteiger partial charge on any atom is -0.355 e. The van der Waals surface area contributed by atoms with Crippen molar-refractivity contribution in [3.63, 3.8) is 0 Å². The number of hydrogen-bond acceptors (Lipinski definition) is 2. The molecule has 2 fully saturated rings. The highest BCUT2D eigenvalue weighted by atomic mass is 16.1. The Morgan fingerprint density at radius 3 is 2.72 bits per heavy atom. The topological polar surface area (TPSA) is 41.1 Å². The molecule has 0 saturated heterocycles. The van der Waals surface area contributed by atoms with Crippen molar-refractivity contribution < 1.29 is 4.79 Å². The Hall–Kier alpha value is -1.35. The molecular formula is C15H20N2O. The molecule has 1 aromatic rings. The van der Waals surface area contributed by atoms with Crippen LogP contribution in [0.1, 0.15) is 30.7 Å². The van der Waals surface area contributed by atoms with Gasteiger partial charge >= 0.3 is 0 Å². The summed E-state index contributed by atoms with van der Waals surface area (Å²) < 4.78 is 0. The zero-order valence-corrected chi connectivity index (χ0v) is 10.6. The van der Waals surface area contributed by atoms with Crippen molar-refractivity contribution in [3.8, 4) is 0 Å². The average Bonchev–Trinajstić information content (AvgIpc) is 3.28. The summed E-state index contributed by atoms with van der Waals surface area (Å²) in [4.78, 5) is 11.6. The molecule has 3 rings (SSSR count). The van der Waals surface area contributed by atoms with E-state index < -0.39 is 0 Å². The molecule has 2 aliphatic rings. The standard InChI is InChI=1S/C15H20N2O/c18-15(17-9-11-6-7-11)10-16-14-8-13(14)12-4-2-1-3-5-12/h1-5,11,13-14,16H,6-10H2,(H,17,18). The number of nitrogens with one attached hydrogen (secondary N) is 2. The van der Waals surface area contributed by atoms with Crippen LogP contribution in [0.5, 0.6) is 0 Å². The lowest BCUT2D eigenvalue weighted by atomic mass is 10.1. The van der Waals surface area contributed by atoms with Gasteiger partial charge in [-0.1, -0.05) is 30.3 Å². The largest absolute Gasteiger partial charge is 0.355 e. The van der Waals surface area contributed by atoms with Crippen LogP contribution in [0.4, 0.5) is 0 Å². The van der Waals surface area contributed by atoms with E-state index in [1.165, 1.54) is 18.4 Å². The Morgan fingerprint density at radius 1 is 1.22 bits per heavy atom. The number of benzene rings is 1. The van der Waals surface area contributed by atoms with Gasteiger partial charge in [-0.15, -0.1) is 0 Å². The lowest BCUT2D eigenvalue weighted by Gasteiger charge is -2.05. The van der Waals surface area contributed by atoms with E-state index >= 15 is 0 Å². The predicted molar refractivity (Wildman–Crippen MR) is 71.3 cm³/mol. The van der Waals surface area contributed by atoms with E-state index in [1.54, 1.807) is 0 Å². The summed E-state index contributed by atoms with van der Waals surface area (Å²) in [5, 5.41) is 6.32. The van der Waals surface area contributed by atoms with Gasteiger partial charge in [0, 0.05) is 18.5 Å². The van der Waals surface area contributed by atoms with Crippen molar-refractivity contribution in [3.05, 3.63) is 35.9 Å². The molecule has 96 valence electrons. The fourth-order valence-corrected chi connectivity index (χ4v) is 2.36. The van der Waals surface area contributed by atoms with Crippen LogP contribution in [0.2, 0.25) is 0 Å². The molecule has 0 aromatic heterocycles. The van der Waals surface area contributed by atoms with Gasteiger partial charge in [-0.05, 0) is 30.7 Å². The van der Waals surface area contributed by atoms with Gasteiger partial charge in [-0.3, -0.25) is 4.79 Å². The van der Waals surface area contributed by atoms with Crippen LogP contribution in [-0.2, 0) is 4.79 Å². The van der Waals surface area contributed by atoms with E-state index in [-0.39, 0.29) is 5.91 Å². The third kappa shape index (κ3) is 3.10. The molecule has 2 saturated carbocycles. The van der Waals surface area contributed by atoms with Crippen molar-refractivity contribution in [1.29, 1.82) is 0 Å². The normalized spacial score (nSPS) is 25.8. The van der Waals surface area contributed by atoms with E-state index in [0.717, 1.165) is 18.9 Å². The van der Waals surface area contributed by atoms with Gasteiger partial charge in [0.25, 0.3) is 0 Å². The maximum Gasteiger partial charge on any atom is 0.233 e. The second kappa shape index (κ2) is 5.11. The number of carbonyl (C=O) groups excluding carboxylic acids is 1. The minimum atomic E-state index is 0.139. The Bertz CT molecular complexity index is 414. The van der Waals surface area contributed by atoms with Crippen LogP contribution in [-0.4, -0.2) is 25.0 Å². The molecular weight excluding hydrogens is 224 g/mol. The van der Waals surface area contributed by atoms with Gasteiger partial charge in [-0.2, -0.15) is 0 Å². The highest BCUT2D eigenvalue weighted by molar-refractivity contribution is 5.78. The van der Waals surface area contributed by atoms with Crippen LogP contribution in [0.3, 0.4) is 0 Å². The fourth-order valence-electron chi connectivity index (χ4n) is 2.36. The van der Waals surface area contributed by atoms with Gasteiger partial charge in [0.1, 0.15) is 0 Å². The number of rotatable bonds is 6. The predicted octanol–water partition coefficient (Wildman–Crippen LogP) is 1.66. The van der Waals surface area contributed by atoms with Gasteiger partial charge in [0.15, 0.2) is 0 Å². The Balaban J connectivity index is 1.36. The molecule has 0 spiro atoms. The molecule has 18 heavy (non-hydrogen) atoms.